The minimum absolute atomic E-state index is 0.733. The third kappa shape index (κ3) is 9.27. The van der Waals surface area contributed by atoms with Crippen LogP contribution >= 0.6 is 0 Å². The Hall–Kier alpha value is 0.314. The molecule has 0 aromatic carbocycles. The summed E-state index contributed by atoms with van der Waals surface area (Å²) in [6.45, 7) is 16.7. The maximum Gasteiger partial charge on any atom is 0.322 e. The van der Waals surface area contributed by atoms with Crippen molar-refractivity contribution in [3.63, 3.8) is 0 Å². The van der Waals surface area contributed by atoms with Gasteiger partial charge in [0.2, 0.25) is 0 Å². The largest absolute Gasteiger partial charge is 0.415 e. The summed E-state index contributed by atoms with van der Waals surface area (Å²) in [5.74, 6) is 0.733. The van der Waals surface area contributed by atoms with Gasteiger partial charge in [0.05, 0.1) is 0 Å². The summed E-state index contributed by atoms with van der Waals surface area (Å²) in [5, 5.41) is 0. The SMILES string of the molecule is CCCO[Si](C)(C)O[Si](C)(C)OCCC(C)CC. The highest BCUT2D eigenvalue weighted by atomic mass is 28.5. The van der Waals surface area contributed by atoms with Gasteiger partial charge in [0, 0.05) is 13.2 Å². The highest BCUT2D eigenvalue weighted by Gasteiger charge is 2.36. The molecule has 5 heteroatoms. The molecule has 1 atom stereocenters. The molecule has 0 aliphatic heterocycles. The zero-order valence-electron chi connectivity index (χ0n) is 13.3. The number of hydrogen-bond donors (Lipinski definition) is 0. The van der Waals surface area contributed by atoms with Crippen LogP contribution in [0, 0.1) is 5.92 Å². The van der Waals surface area contributed by atoms with Crippen LogP contribution in [0.15, 0.2) is 0 Å². The maximum atomic E-state index is 6.18. The van der Waals surface area contributed by atoms with E-state index in [4.69, 9.17) is 13.0 Å². The molecule has 18 heavy (non-hydrogen) atoms. The van der Waals surface area contributed by atoms with Gasteiger partial charge in [-0.2, -0.15) is 0 Å². The molecule has 0 radical (unpaired) electrons. The highest BCUT2D eigenvalue weighted by Crippen LogP contribution is 2.18. The molecule has 0 fully saturated rings. The van der Waals surface area contributed by atoms with Crippen LogP contribution < -0.4 is 0 Å². The van der Waals surface area contributed by atoms with E-state index >= 15 is 0 Å². The molecule has 0 aromatic heterocycles. The molecule has 0 bridgehead atoms. The zero-order valence-corrected chi connectivity index (χ0v) is 15.3. The molecular weight excluding hydrogens is 260 g/mol. The molecule has 110 valence electrons. The molecule has 0 amide bonds. The summed E-state index contributed by atoms with van der Waals surface area (Å²) >= 11 is 0. The average molecular weight is 293 g/mol. The Morgan fingerprint density at radius 2 is 1.39 bits per heavy atom. The Balaban J connectivity index is 4.04. The lowest BCUT2D eigenvalue weighted by Gasteiger charge is -2.32. The first kappa shape index (κ1) is 18.3. The average Bonchev–Trinajstić information content (AvgIpc) is 2.24. The molecule has 0 aliphatic carbocycles. The van der Waals surface area contributed by atoms with Crippen molar-refractivity contribution >= 4 is 17.1 Å². The lowest BCUT2D eigenvalue weighted by molar-refractivity contribution is 0.187. The van der Waals surface area contributed by atoms with Gasteiger partial charge in [0.15, 0.2) is 0 Å². The molecule has 1 unspecified atom stereocenters. The summed E-state index contributed by atoms with van der Waals surface area (Å²) in [5.41, 5.74) is 0. The van der Waals surface area contributed by atoms with E-state index in [9.17, 15) is 0 Å². The van der Waals surface area contributed by atoms with Crippen molar-refractivity contribution in [2.45, 2.75) is 66.2 Å². The second-order valence-electron chi connectivity index (χ2n) is 5.90. The minimum atomic E-state index is -2.03. The predicted octanol–water partition coefficient (Wildman–Crippen LogP) is 4.29. The van der Waals surface area contributed by atoms with E-state index in [0.29, 0.717) is 0 Å². The molecule has 3 nitrogen and oxygen atoms in total. The molecule has 0 spiro atoms. The van der Waals surface area contributed by atoms with Crippen molar-refractivity contribution in [2.75, 3.05) is 13.2 Å². The lowest BCUT2D eigenvalue weighted by atomic mass is 10.1. The Bertz CT molecular complexity index is 220. The van der Waals surface area contributed by atoms with Crippen LogP contribution in [-0.2, 0) is 13.0 Å². The summed E-state index contributed by atoms with van der Waals surface area (Å²) in [7, 11) is -4.04. The molecule has 0 heterocycles. The number of hydrogen-bond acceptors (Lipinski definition) is 3. The third-order valence-electron chi connectivity index (χ3n) is 2.90. The van der Waals surface area contributed by atoms with Crippen molar-refractivity contribution in [3.05, 3.63) is 0 Å². The van der Waals surface area contributed by atoms with Gasteiger partial charge in [0.25, 0.3) is 0 Å². The normalized spacial score (nSPS) is 14.8. The predicted molar refractivity (Wildman–Crippen MR) is 82.3 cm³/mol. The summed E-state index contributed by atoms with van der Waals surface area (Å²) in [6.07, 6.45) is 3.37. The van der Waals surface area contributed by atoms with E-state index in [-0.39, 0.29) is 0 Å². The van der Waals surface area contributed by atoms with Gasteiger partial charge in [-0.05, 0) is 44.9 Å². The van der Waals surface area contributed by atoms with Crippen LogP contribution in [0.1, 0.15) is 40.0 Å². The Morgan fingerprint density at radius 3 is 1.83 bits per heavy atom. The van der Waals surface area contributed by atoms with Crippen molar-refractivity contribution in [1.82, 2.24) is 0 Å². The Morgan fingerprint density at radius 1 is 0.889 bits per heavy atom. The van der Waals surface area contributed by atoms with Gasteiger partial charge in [-0.3, -0.25) is 0 Å². The van der Waals surface area contributed by atoms with Gasteiger partial charge in [-0.25, -0.2) is 0 Å². The van der Waals surface area contributed by atoms with Gasteiger partial charge in [-0.1, -0.05) is 27.2 Å². The molecule has 0 rings (SSSR count). The summed E-state index contributed by atoms with van der Waals surface area (Å²) < 4.78 is 18.0. The first-order valence-electron chi connectivity index (χ1n) is 7.20. The Labute approximate surface area is 116 Å². The van der Waals surface area contributed by atoms with E-state index < -0.39 is 17.1 Å². The standard InChI is InChI=1S/C13H32O3Si2/c1-8-11-14-17(4,5)16-18(6,7)15-12-10-13(3)9-2/h13H,8-12H2,1-7H3. The van der Waals surface area contributed by atoms with E-state index in [1.165, 1.54) is 6.42 Å². The van der Waals surface area contributed by atoms with Gasteiger partial charge in [-0.15, -0.1) is 0 Å². The van der Waals surface area contributed by atoms with Crippen molar-refractivity contribution in [1.29, 1.82) is 0 Å². The summed E-state index contributed by atoms with van der Waals surface area (Å²) in [4.78, 5) is 0. The van der Waals surface area contributed by atoms with E-state index in [1.54, 1.807) is 0 Å². The van der Waals surface area contributed by atoms with Crippen molar-refractivity contribution < 1.29 is 13.0 Å². The zero-order chi connectivity index (χ0) is 14.2. The molecule has 0 N–H and O–H groups in total. The topological polar surface area (TPSA) is 27.7 Å². The van der Waals surface area contributed by atoms with Crippen LogP contribution in [0.5, 0.6) is 0 Å². The van der Waals surface area contributed by atoms with Gasteiger partial charge < -0.3 is 13.0 Å². The van der Waals surface area contributed by atoms with Crippen LogP contribution in [-0.4, -0.2) is 30.3 Å². The molecule has 0 saturated carbocycles. The molecular formula is C13H32O3Si2. The van der Waals surface area contributed by atoms with Gasteiger partial charge in [0.1, 0.15) is 0 Å². The number of rotatable bonds is 10. The second-order valence-corrected chi connectivity index (χ2v) is 12.9. The van der Waals surface area contributed by atoms with E-state index in [0.717, 1.165) is 32.0 Å². The van der Waals surface area contributed by atoms with E-state index in [2.05, 4.69) is 47.0 Å². The van der Waals surface area contributed by atoms with Crippen LogP contribution in [0.4, 0.5) is 0 Å². The van der Waals surface area contributed by atoms with Crippen LogP contribution in [0.25, 0.3) is 0 Å². The third-order valence-corrected chi connectivity index (χ3v) is 8.63. The monoisotopic (exact) mass is 292 g/mol. The molecule has 0 aromatic rings. The Kier molecular flexibility index (Phi) is 8.63. The molecule has 0 saturated heterocycles. The highest BCUT2D eigenvalue weighted by molar-refractivity contribution is 6.78. The maximum absolute atomic E-state index is 6.18. The lowest BCUT2D eigenvalue weighted by Crippen LogP contribution is -2.48. The van der Waals surface area contributed by atoms with Gasteiger partial charge >= 0.3 is 17.1 Å². The smallest absolute Gasteiger partial charge is 0.322 e. The first-order chi connectivity index (χ1) is 8.22. The van der Waals surface area contributed by atoms with Crippen molar-refractivity contribution in [3.8, 4) is 0 Å². The fourth-order valence-electron chi connectivity index (χ4n) is 1.71. The summed E-state index contributed by atoms with van der Waals surface area (Å²) in [6, 6.07) is 0. The van der Waals surface area contributed by atoms with Crippen molar-refractivity contribution in [2.24, 2.45) is 5.92 Å². The quantitative estimate of drug-likeness (QED) is 0.562. The van der Waals surface area contributed by atoms with Crippen LogP contribution in [0.2, 0.25) is 26.2 Å². The van der Waals surface area contributed by atoms with E-state index in [1.807, 2.05) is 0 Å². The fraction of sp³-hybridized carbons (Fsp3) is 1.00. The second kappa shape index (κ2) is 8.48. The fourth-order valence-corrected chi connectivity index (χ4v) is 8.22. The van der Waals surface area contributed by atoms with Crippen LogP contribution in [0.3, 0.4) is 0 Å². The molecule has 0 aliphatic rings. The minimum Gasteiger partial charge on any atom is -0.415 e. The first-order valence-corrected chi connectivity index (χ1v) is 12.8.